The van der Waals surface area contributed by atoms with E-state index in [9.17, 15) is 4.79 Å². The lowest BCUT2D eigenvalue weighted by atomic mass is 10.1. The predicted octanol–water partition coefficient (Wildman–Crippen LogP) is 2.01. The van der Waals surface area contributed by atoms with Crippen LogP contribution in [0.4, 0.5) is 5.69 Å². The first kappa shape index (κ1) is 13.5. The van der Waals surface area contributed by atoms with Crippen molar-refractivity contribution in [3.8, 4) is 0 Å². The van der Waals surface area contributed by atoms with Crippen molar-refractivity contribution in [2.75, 3.05) is 18.4 Å². The molecule has 1 aromatic carbocycles. The van der Waals surface area contributed by atoms with E-state index in [0.29, 0.717) is 18.7 Å². The fourth-order valence-electron chi connectivity index (χ4n) is 1.36. The molecule has 94 valence electrons. The van der Waals surface area contributed by atoms with Crippen LogP contribution in [0.3, 0.4) is 0 Å². The van der Waals surface area contributed by atoms with Gasteiger partial charge >= 0.3 is 5.97 Å². The quantitative estimate of drug-likeness (QED) is 0.785. The van der Waals surface area contributed by atoms with E-state index >= 15 is 0 Å². The number of carbonyl (C=O) groups is 1. The third-order valence-corrected chi connectivity index (χ3v) is 2.01. The Labute approximate surface area is 102 Å². The molecule has 1 rings (SSSR count). The van der Waals surface area contributed by atoms with Crippen molar-refractivity contribution in [2.45, 2.75) is 26.4 Å². The minimum atomic E-state index is -0.488. The van der Waals surface area contributed by atoms with Gasteiger partial charge in [0.15, 0.2) is 0 Å². The summed E-state index contributed by atoms with van der Waals surface area (Å²) >= 11 is 0. The number of benzene rings is 1. The van der Waals surface area contributed by atoms with Crippen molar-refractivity contribution in [1.29, 1.82) is 0 Å². The Kier molecular flexibility index (Phi) is 4.52. The lowest BCUT2D eigenvalue weighted by molar-refractivity contribution is 0.00707. The Morgan fingerprint density at radius 1 is 1.35 bits per heavy atom. The summed E-state index contributed by atoms with van der Waals surface area (Å²) in [6.07, 6.45) is 0. The molecule has 17 heavy (non-hydrogen) atoms. The second-order valence-electron chi connectivity index (χ2n) is 4.76. The van der Waals surface area contributed by atoms with Crippen LogP contribution < -0.4 is 11.1 Å². The molecule has 4 heteroatoms. The Bertz CT molecular complexity index is 383. The molecule has 0 amide bonds. The average molecular weight is 236 g/mol. The molecule has 0 heterocycles. The fourth-order valence-corrected chi connectivity index (χ4v) is 1.36. The highest BCUT2D eigenvalue weighted by Gasteiger charge is 2.19. The van der Waals surface area contributed by atoms with Gasteiger partial charge in [0.1, 0.15) is 5.60 Å². The number of ether oxygens (including phenoxy) is 1. The molecule has 0 unspecified atom stereocenters. The molecular weight excluding hydrogens is 216 g/mol. The monoisotopic (exact) mass is 236 g/mol. The van der Waals surface area contributed by atoms with E-state index in [1.165, 1.54) is 0 Å². The topological polar surface area (TPSA) is 64.3 Å². The number of nitrogens with two attached hydrogens (primary N) is 1. The summed E-state index contributed by atoms with van der Waals surface area (Å²) in [6.45, 7) is 6.69. The minimum Gasteiger partial charge on any atom is -0.456 e. The van der Waals surface area contributed by atoms with E-state index in [1.807, 2.05) is 39.0 Å². The van der Waals surface area contributed by atoms with E-state index in [2.05, 4.69) is 5.32 Å². The van der Waals surface area contributed by atoms with Gasteiger partial charge in [0.25, 0.3) is 0 Å². The molecule has 0 aliphatic carbocycles. The van der Waals surface area contributed by atoms with Crippen LogP contribution in [0.2, 0.25) is 0 Å². The number of carbonyl (C=O) groups excluding carboxylic acids is 1. The fraction of sp³-hybridized carbons (Fsp3) is 0.462. The van der Waals surface area contributed by atoms with Crippen molar-refractivity contribution in [1.82, 2.24) is 0 Å². The molecule has 0 saturated carbocycles. The standard InChI is InChI=1S/C13H20N2O2/c1-13(2,3)17-12(16)10-6-4-5-7-11(10)15-9-8-14/h4-7,15H,8-9,14H2,1-3H3. The summed E-state index contributed by atoms with van der Waals surface area (Å²) in [7, 11) is 0. The first-order chi connectivity index (χ1) is 7.94. The third-order valence-electron chi connectivity index (χ3n) is 2.01. The molecule has 0 aliphatic heterocycles. The highest BCUT2D eigenvalue weighted by molar-refractivity contribution is 5.95. The number of esters is 1. The van der Waals surface area contributed by atoms with Crippen LogP contribution in [-0.2, 0) is 4.74 Å². The molecule has 0 spiro atoms. The number of anilines is 1. The molecule has 0 radical (unpaired) electrons. The van der Waals surface area contributed by atoms with E-state index in [1.54, 1.807) is 6.07 Å². The van der Waals surface area contributed by atoms with Crippen LogP contribution in [0.25, 0.3) is 0 Å². The van der Waals surface area contributed by atoms with Crippen molar-refractivity contribution in [3.63, 3.8) is 0 Å². The van der Waals surface area contributed by atoms with Crippen LogP contribution in [0.5, 0.6) is 0 Å². The van der Waals surface area contributed by atoms with Gasteiger partial charge in [-0.25, -0.2) is 4.79 Å². The Morgan fingerprint density at radius 3 is 2.59 bits per heavy atom. The largest absolute Gasteiger partial charge is 0.456 e. The normalized spacial score (nSPS) is 11.1. The zero-order chi connectivity index (χ0) is 12.9. The summed E-state index contributed by atoms with van der Waals surface area (Å²) in [5, 5.41) is 3.10. The van der Waals surface area contributed by atoms with Gasteiger partial charge in [-0.15, -0.1) is 0 Å². The predicted molar refractivity (Wildman–Crippen MR) is 69.2 cm³/mol. The number of hydrogen-bond donors (Lipinski definition) is 2. The van der Waals surface area contributed by atoms with Crippen molar-refractivity contribution in [2.24, 2.45) is 5.73 Å². The van der Waals surface area contributed by atoms with Gasteiger partial charge in [-0.05, 0) is 32.9 Å². The maximum atomic E-state index is 12.0. The maximum absolute atomic E-state index is 12.0. The second-order valence-corrected chi connectivity index (χ2v) is 4.76. The van der Waals surface area contributed by atoms with Crippen LogP contribution in [0.15, 0.2) is 24.3 Å². The Morgan fingerprint density at radius 2 is 2.00 bits per heavy atom. The molecule has 0 fully saturated rings. The van der Waals surface area contributed by atoms with Gasteiger partial charge < -0.3 is 15.8 Å². The molecule has 0 aromatic heterocycles. The first-order valence-corrected chi connectivity index (χ1v) is 5.70. The smallest absolute Gasteiger partial charge is 0.340 e. The van der Waals surface area contributed by atoms with Crippen LogP contribution in [-0.4, -0.2) is 24.7 Å². The number of rotatable bonds is 4. The average Bonchev–Trinajstić information content (AvgIpc) is 2.24. The van der Waals surface area contributed by atoms with Gasteiger partial charge in [0.2, 0.25) is 0 Å². The summed E-state index contributed by atoms with van der Waals surface area (Å²) in [5.41, 5.74) is 6.23. The number of nitrogens with one attached hydrogen (secondary N) is 1. The van der Waals surface area contributed by atoms with E-state index < -0.39 is 5.60 Å². The summed E-state index contributed by atoms with van der Waals surface area (Å²) in [5.74, 6) is -0.322. The van der Waals surface area contributed by atoms with Gasteiger partial charge in [-0.3, -0.25) is 0 Å². The Balaban J connectivity index is 2.85. The minimum absolute atomic E-state index is 0.322. The lowest BCUT2D eigenvalue weighted by Gasteiger charge is -2.20. The summed E-state index contributed by atoms with van der Waals surface area (Å²) < 4.78 is 5.33. The maximum Gasteiger partial charge on any atom is 0.340 e. The Hall–Kier alpha value is -1.55. The van der Waals surface area contributed by atoms with Gasteiger partial charge in [-0.1, -0.05) is 12.1 Å². The third kappa shape index (κ3) is 4.44. The van der Waals surface area contributed by atoms with Crippen molar-refractivity contribution < 1.29 is 9.53 Å². The number of para-hydroxylation sites is 1. The van der Waals surface area contributed by atoms with Crippen LogP contribution >= 0.6 is 0 Å². The SMILES string of the molecule is CC(C)(C)OC(=O)c1ccccc1NCCN. The molecule has 0 aliphatic rings. The van der Waals surface area contributed by atoms with Gasteiger partial charge in [0, 0.05) is 18.8 Å². The molecule has 0 bridgehead atoms. The molecule has 1 aromatic rings. The van der Waals surface area contributed by atoms with E-state index in [0.717, 1.165) is 5.69 Å². The van der Waals surface area contributed by atoms with E-state index in [4.69, 9.17) is 10.5 Å². The van der Waals surface area contributed by atoms with Crippen LogP contribution in [0, 0.1) is 0 Å². The summed E-state index contributed by atoms with van der Waals surface area (Å²) in [4.78, 5) is 12.0. The molecule has 4 nitrogen and oxygen atoms in total. The molecule has 3 N–H and O–H groups in total. The zero-order valence-electron chi connectivity index (χ0n) is 10.6. The highest BCUT2D eigenvalue weighted by Crippen LogP contribution is 2.19. The molecular formula is C13H20N2O2. The molecule has 0 atom stereocenters. The number of hydrogen-bond acceptors (Lipinski definition) is 4. The molecule has 0 saturated heterocycles. The second kappa shape index (κ2) is 5.68. The van der Waals surface area contributed by atoms with Crippen LogP contribution in [0.1, 0.15) is 31.1 Å². The summed E-state index contributed by atoms with van der Waals surface area (Å²) in [6, 6.07) is 7.27. The first-order valence-electron chi connectivity index (χ1n) is 5.70. The van der Waals surface area contributed by atoms with Crippen molar-refractivity contribution >= 4 is 11.7 Å². The van der Waals surface area contributed by atoms with Gasteiger partial charge in [0.05, 0.1) is 5.56 Å². The highest BCUT2D eigenvalue weighted by atomic mass is 16.6. The zero-order valence-corrected chi connectivity index (χ0v) is 10.6. The lowest BCUT2D eigenvalue weighted by Crippen LogP contribution is -2.25. The van der Waals surface area contributed by atoms with Gasteiger partial charge in [-0.2, -0.15) is 0 Å². The van der Waals surface area contributed by atoms with E-state index in [-0.39, 0.29) is 5.97 Å². The van der Waals surface area contributed by atoms with Crippen molar-refractivity contribution in [3.05, 3.63) is 29.8 Å².